The Kier molecular flexibility index (Phi) is 2.94. The third kappa shape index (κ3) is 1.85. The van der Waals surface area contributed by atoms with Crippen molar-refractivity contribution < 1.29 is 4.79 Å². The average molecular weight is 263 g/mol. The Morgan fingerprint density at radius 1 is 1.00 bits per heavy atom. The molecule has 1 heterocycles. The maximum absolute atomic E-state index is 12.1. The third-order valence-electron chi connectivity index (χ3n) is 3.74. The van der Waals surface area contributed by atoms with Crippen molar-refractivity contribution in [2.45, 2.75) is 20.8 Å². The molecule has 3 rings (SSSR count). The number of hydrogen-bond acceptors (Lipinski definition) is 1. The minimum Gasteiger partial charge on any atom is -0.280 e. The predicted octanol–water partition coefficient (Wildman–Crippen LogP) is 4.59. The second kappa shape index (κ2) is 4.64. The lowest BCUT2D eigenvalue weighted by molar-refractivity contribution is 0.0943. The van der Waals surface area contributed by atoms with Crippen LogP contribution >= 0.6 is 0 Å². The first-order chi connectivity index (χ1) is 9.59. The number of carbonyl (C=O) groups excluding carboxylic acids is 1. The highest BCUT2D eigenvalue weighted by Crippen LogP contribution is 2.33. The van der Waals surface area contributed by atoms with Gasteiger partial charge in [0.25, 0.3) is 0 Å². The van der Waals surface area contributed by atoms with Crippen LogP contribution in [0.15, 0.2) is 48.5 Å². The molecular weight excluding hydrogens is 246 g/mol. The van der Waals surface area contributed by atoms with Crippen LogP contribution in [-0.4, -0.2) is 10.5 Å². The first-order valence-corrected chi connectivity index (χ1v) is 6.77. The summed E-state index contributed by atoms with van der Waals surface area (Å²) < 4.78 is 1.82. The number of aryl methyl sites for hydroxylation is 2. The fourth-order valence-electron chi connectivity index (χ4n) is 2.83. The first-order valence-electron chi connectivity index (χ1n) is 6.77. The Balaban J connectivity index is 2.45. The van der Waals surface area contributed by atoms with Gasteiger partial charge in [-0.25, -0.2) is 0 Å². The number of fused-ring (bicyclic) bond motifs is 1. The molecule has 2 aromatic carbocycles. The van der Waals surface area contributed by atoms with E-state index >= 15 is 0 Å². The summed E-state index contributed by atoms with van der Waals surface area (Å²) in [6.07, 6.45) is 0. The predicted molar refractivity (Wildman–Crippen MR) is 83.1 cm³/mol. The Morgan fingerprint density at radius 3 is 2.35 bits per heavy atom. The summed E-state index contributed by atoms with van der Waals surface area (Å²) in [6.45, 7) is 5.78. The van der Waals surface area contributed by atoms with Gasteiger partial charge in [-0.2, -0.15) is 0 Å². The molecule has 0 fully saturated rings. The summed E-state index contributed by atoms with van der Waals surface area (Å²) in [5.41, 5.74) is 5.43. The molecule has 100 valence electrons. The second-order valence-electron chi connectivity index (χ2n) is 5.21. The quantitative estimate of drug-likeness (QED) is 0.629. The van der Waals surface area contributed by atoms with Crippen LogP contribution in [0.4, 0.5) is 0 Å². The lowest BCUT2D eigenvalue weighted by atomic mass is 10.1. The molecule has 1 aromatic heterocycles. The average Bonchev–Trinajstić information content (AvgIpc) is 2.73. The van der Waals surface area contributed by atoms with E-state index in [1.165, 1.54) is 5.56 Å². The topological polar surface area (TPSA) is 22.0 Å². The van der Waals surface area contributed by atoms with E-state index in [1.54, 1.807) is 6.92 Å². The molecule has 0 saturated heterocycles. The van der Waals surface area contributed by atoms with Gasteiger partial charge in [-0.1, -0.05) is 42.0 Å². The SMILES string of the molecule is CC(=O)n1c(-c2ccccc2)c(C)c2cc(C)ccc21. The van der Waals surface area contributed by atoms with Gasteiger partial charge in [0.1, 0.15) is 0 Å². The smallest absolute Gasteiger partial charge is 0.228 e. The van der Waals surface area contributed by atoms with E-state index in [1.807, 2.05) is 41.0 Å². The molecular formula is C18H17NO. The zero-order chi connectivity index (χ0) is 14.3. The Hall–Kier alpha value is -2.35. The molecule has 2 heteroatoms. The third-order valence-corrected chi connectivity index (χ3v) is 3.74. The molecule has 0 bridgehead atoms. The van der Waals surface area contributed by atoms with Crippen LogP contribution in [0.25, 0.3) is 22.2 Å². The van der Waals surface area contributed by atoms with Gasteiger partial charge in [-0.15, -0.1) is 0 Å². The molecule has 0 aliphatic rings. The summed E-state index contributed by atoms with van der Waals surface area (Å²) in [5, 5.41) is 1.15. The molecule has 0 unspecified atom stereocenters. The maximum atomic E-state index is 12.1. The number of benzene rings is 2. The molecule has 0 radical (unpaired) electrons. The fourth-order valence-corrected chi connectivity index (χ4v) is 2.83. The van der Waals surface area contributed by atoms with E-state index in [9.17, 15) is 4.79 Å². The standard InChI is InChI=1S/C18H17NO/c1-12-9-10-17-16(11-12)13(2)18(19(17)14(3)20)15-7-5-4-6-8-15/h4-11H,1-3H3. The Labute approximate surface area is 118 Å². The molecule has 0 aliphatic heterocycles. The summed E-state index contributed by atoms with van der Waals surface area (Å²) >= 11 is 0. The fraction of sp³-hybridized carbons (Fsp3) is 0.167. The normalized spacial score (nSPS) is 10.9. The highest BCUT2D eigenvalue weighted by atomic mass is 16.1. The van der Waals surface area contributed by atoms with E-state index < -0.39 is 0 Å². The number of carbonyl (C=O) groups is 1. The van der Waals surface area contributed by atoms with E-state index in [-0.39, 0.29) is 5.91 Å². The van der Waals surface area contributed by atoms with Gasteiger partial charge in [0.15, 0.2) is 0 Å². The second-order valence-corrected chi connectivity index (χ2v) is 5.21. The van der Waals surface area contributed by atoms with Crippen molar-refractivity contribution in [2.75, 3.05) is 0 Å². The van der Waals surface area contributed by atoms with Gasteiger partial charge in [0.2, 0.25) is 5.91 Å². The van der Waals surface area contributed by atoms with Crippen molar-refractivity contribution in [2.24, 2.45) is 0 Å². The maximum Gasteiger partial charge on any atom is 0.228 e. The Bertz CT molecular complexity index is 797. The van der Waals surface area contributed by atoms with Crippen LogP contribution < -0.4 is 0 Å². The van der Waals surface area contributed by atoms with Crippen LogP contribution in [0.5, 0.6) is 0 Å². The summed E-state index contributed by atoms with van der Waals surface area (Å²) in [6, 6.07) is 16.3. The summed E-state index contributed by atoms with van der Waals surface area (Å²) in [5.74, 6) is 0.0470. The molecule has 2 nitrogen and oxygen atoms in total. The molecule has 0 atom stereocenters. The van der Waals surface area contributed by atoms with Crippen LogP contribution in [0.2, 0.25) is 0 Å². The highest BCUT2D eigenvalue weighted by molar-refractivity contribution is 6.00. The van der Waals surface area contributed by atoms with Gasteiger partial charge < -0.3 is 0 Å². The number of nitrogens with zero attached hydrogens (tertiary/aromatic N) is 1. The van der Waals surface area contributed by atoms with Crippen LogP contribution in [0.1, 0.15) is 22.8 Å². The van der Waals surface area contributed by atoms with Crippen LogP contribution in [-0.2, 0) is 0 Å². The van der Waals surface area contributed by atoms with Crippen molar-refractivity contribution in [3.63, 3.8) is 0 Å². The lowest BCUT2D eigenvalue weighted by Gasteiger charge is -2.07. The molecule has 3 aromatic rings. The largest absolute Gasteiger partial charge is 0.280 e. The van der Waals surface area contributed by atoms with Crippen molar-refractivity contribution >= 4 is 16.8 Å². The van der Waals surface area contributed by atoms with Gasteiger partial charge >= 0.3 is 0 Å². The molecule has 0 saturated carbocycles. The van der Waals surface area contributed by atoms with Gasteiger partial charge in [0, 0.05) is 12.3 Å². The van der Waals surface area contributed by atoms with E-state index in [2.05, 4.69) is 26.0 Å². The van der Waals surface area contributed by atoms with Crippen molar-refractivity contribution in [1.82, 2.24) is 4.57 Å². The van der Waals surface area contributed by atoms with E-state index in [0.717, 1.165) is 27.7 Å². The zero-order valence-corrected chi connectivity index (χ0v) is 12.0. The lowest BCUT2D eigenvalue weighted by Crippen LogP contribution is -2.07. The molecule has 0 spiro atoms. The Morgan fingerprint density at radius 2 is 1.70 bits per heavy atom. The summed E-state index contributed by atoms with van der Waals surface area (Å²) in [4.78, 5) is 12.1. The van der Waals surface area contributed by atoms with Gasteiger partial charge in [-0.05, 0) is 37.1 Å². The van der Waals surface area contributed by atoms with E-state index in [0.29, 0.717) is 0 Å². The summed E-state index contributed by atoms with van der Waals surface area (Å²) in [7, 11) is 0. The van der Waals surface area contributed by atoms with Crippen LogP contribution in [0, 0.1) is 13.8 Å². The number of aromatic nitrogens is 1. The molecule has 0 amide bonds. The number of hydrogen-bond donors (Lipinski definition) is 0. The molecule has 0 aliphatic carbocycles. The monoisotopic (exact) mass is 263 g/mol. The number of rotatable bonds is 1. The van der Waals surface area contributed by atoms with Gasteiger partial charge in [0.05, 0.1) is 11.2 Å². The zero-order valence-electron chi connectivity index (χ0n) is 12.0. The van der Waals surface area contributed by atoms with Gasteiger partial charge in [-0.3, -0.25) is 9.36 Å². The molecule has 20 heavy (non-hydrogen) atoms. The van der Waals surface area contributed by atoms with Crippen molar-refractivity contribution in [3.05, 3.63) is 59.7 Å². The highest BCUT2D eigenvalue weighted by Gasteiger charge is 2.17. The van der Waals surface area contributed by atoms with Crippen molar-refractivity contribution in [1.29, 1.82) is 0 Å². The van der Waals surface area contributed by atoms with Crippen molar-refractivity contribution in [3.8, 4) is 11.3 Å². The first kappa shape index (κ1) is 12.7. The molecule has 0 N–H and O–H groups in total. The minimum atomic E-state index is 0.0470. The minimum absolute atomic E-state index is 0.0470. The van der Waals surface area contributed by atoms with Crippen LogP contribution in [0.3, 0.4) is 0 Å². The van der Waals surface area contributed by atoms with E-state index in [4.69, 9.17) is 0 Å².